The molecule has 1 unspecified atom stereocenters. The minimum absolute atomic E-state index is 0.125. The fourth-order valence-corrected chi connectivity index (χ4v) is 2.85. The van der Waals surface area contributed by atoms with Gasteiger partial charge in [0.25, 0.3) is 0 Å². The molecule has 0 radical (unpaired) electrons. The quantitative estimate of drug-likeness (QED) is 0.855. The molecule has 0 spiro atoms. The van der Waals surface area contributed by atoms with Crippen molar-refractivity contribution >= 4 is 5.97 Å². The number of aromatic carboxylic acids is 1. The fraction of sp³-hybridized carbons (Fsp3) is 0.643. The second-order valence-electron chi connectivity index (χ2n) is 5.34. The third-order valence-corrected chi connectivity index (χ3v) is 3.87. The lowest BCUT2D eigenvalue weighted by molar-refractivity contribution is 0.0155. The number of hydrogen-bond acceptors (Lipinski definition) is 5. The third-order valence-electron chi connectivity index (χ3n) is 3.87. The zero-order chi connectivity index (χ0) is 13.9. The molecular formula is C14H19N3O3. The average Bonchev–Trinajstić information content (AvgIpc) is 2.47. The number of fused-ring (bicyclic) bond motifs is 1. The standard InChI is InChI=1S/C14H19N3O3/c18-14(19)13-10-4-5-15-8-11(10)16-12(17-13)7-9-3-1-2-6-20-9/h9,15H,1-8H2,(H,18,19). The number of nitrogens with one attached hydrogen (secondary N) is 1. The average molecular weight is 277 g/mol. The first-order valence-electron chi connectivity index (χ1n) is 7.18. The number of ether oxygens (including phenoxy) is 1. The van der Waals surface area contributed by atoms with Crippen LogP contribution in [0.4, 0.5) is 0 Å². The van der Waals surface area contributed by atoms with Gasteiger partial charge in [0.15, 0.2) is 5.69 Å². The summed E-state index contributed by atoms with van der Waals surface area (Å²) < 4.78 is 5.68. The Morgan fingerprint density at radius 2 is 2.30 bits per heavy atom. The third kappa shape index (κ3) is 2.81. The van der Waals surface area contributed by atoms with E-state index in [1.165, 1.54) is 0 Å². The number of carboxylic acids is 1. The van der Waals surface area contributed by atoms with Gasteiger partial charge in [0, 0.05) is 25.1 Å². The van der Waals surface area contributed by atoms with Gasteiger partial charge in [-0.1, -0.05) is 0 Å². The number of nitrogens with zero attached hydrogens (tertiary/aromatic N) is 2. The molecule has 20 heavy (non-hydrogen) atoms. The predicted octanol–water partition coefficient (Wildman–Crippen LogP) is 0.932. The van der Waals surface area contributed by atoms with E-state index >= 15 is 0 Å². The summed E-state index contributed by atoms with van der Waals surface area (Å²) in [6, 6.07) is 0. The summed E-state index contributed by atoms with van der Waals surface area (Å²) in [7, 11) is 0. The number of aromatic nitrogens is 2. The molecule has 1 aromatic heterocycles. The largest absolute Gasteiger partial charge is 0.477 e. The molecule has 0 aromatic carbocycles. The lowest BCUT2D eigenvalue weighted by Crippen LogP contribution is -2.29. The summed E-state index contributed by atoms with van der Waals surface area (Å²) in [6.07, 6.45) is 4.67. The van der Waals surface area contributed by atoms with Crippen LogP contribution in [0.2, 0.25) is 0 Å². The van der Waals surface area contributed by atoms with Crippen LogP contribution in [0, 0.1) is 0 Å². The maximum Gasteiger partial charge on any atom is 0.354 e. The van der Waals surface area contributed by atoms with Gasteiger partial charge in [-0.2, -0.15) is 0 Å². The molecule has 1 atom stereocenters. The molecule has 0 bridgehead atoms. The van der Waals surface area contributed by atoms with Crippen molar-refractivity contribution in [3.05, 3.63) is 22.8 Å². The van der Waals surface area contributed by atoms with Gasteiger partial charge in [-0.3, -0.25) is 0 Å². The van der Waals surface area contributed by atoms with Crippen molar-refractivity contribution in [2.45, 2.75) is 44.8 Å². The first kappa shape index (κ1) is 13.5. The van der Waals surface area contributed by atoms with E-state index in [1.807, 2.05) is 0 Å². The Hall–Kier alpha value is -1.53. The van der Waals surface area contributed by atoms with Crippen molar-refractivity contribution in [2.24, 2.45) is 0 Å². The lowest BCUT2D eigenvalue weighted by Gasteiger charge is -2.23. The molecule has 2 aliphatic rings. The van der Waals surface area contributed by atoms with Crippen molar-refractivity contribution in [1.82, 2.24) is 15.3 Å². The van der Waals surface area contributed by atoms with Gasteiger partial charge in [-0.05, 0) is 32.2 Å². The molecule has 3 heterocycles. The van der Waals surface area contributed by atoms with Gasteiger partial charge in [-0.25, -0.2) is 14.8 Å². The maximum atomic E-state index is 11.4. The van der Waals surface area contributed by atoms with E-state index in [4.69, 9.17) is 4.74 Å². The first-order valence-corrected chi connectivity index (χ1v) is 7.18. The molecule has 0 amide bonds. The van der Waals surface area contributed by atoms with E-state index in [0.717, 1.165) is 43.7 Å². The van der Waals surface area contributed by atoms with Crippen LogP contribution in [0.3, 0.4) is 0 Å². The van der Waals surface area contributed by atoms with E-state index in [2.05, 4.69) is 15.3 Å². The van der Waals surface area contributed by atoms with E-state index < -0.39 is 5.97 Å². The van der Waals surface area contributed by atoms with Crippen molar-refractivity contribution < 1.29 is 14.6 Å². The zero-order valence-corrected chi connectivity index (χ0v) is 11.4. The summed E-state index contributed by atoms with van der Waals surface area (Å²) in [6.45, 7) is 2.18. The van der Waals surface area contributed by atoms with Gasteiger partial charge >= 0.3 is 5.97 Å². The van der Waals surface area contributed by atoms with Crippen LogP contribution in [0.25, 0.3) is 0 Å². The van der Waals surface area contributed by atoms with Crippen LogP contribution in [-0.2, 0) is 24.1 Å². The Balaban J connectivity index is 1.87. The van der Waals surface area contributed by atoms with E-state index in [-0.39, 0.29) is 11.8 Å². The number of carbonyl (C=O) groups is 1. The predicted molar refractivity (Wildman–Crippen MR) is 71.7 cm³/mol. The molecule has 6 nitrogen and oxygen atoms in total. The summed E-state index contributed by atoms with van der Waals surface area (Å²) in [5.41, 5.74) is 1.78. The second-order valence-corrected chi connectivity index (χ2v) is 5.34. The second kappa shape index (κ2) is 5.85. The first-order chi connectivity index (χ1) is 9.74. The van der Waals surface area contributed by atoms with Gasteiger partial charge < -0.3 is 15.2 Å². The van der Waals surface area contributed by atoms with Crippen LogP contribution in [0.1, 0.15) is 46.8 Å². The molecule has 2 aliphatic heterocycles. The van der Waals surface area contributed by atoms with E-state index in [9.17, 15) is 9.90 Å². The van der Waals surface area contributed by atoms with Gasteiger partial charge in [0.05, 0.1) is 11.8 Å². The zero-order valence-electron chi connectivity index (χ0n) is 11.4. The monoisotopic (exact) mass is 277 g/mol. The molecule has 6 heteroatoms. The van der Waals surface area contributed by atoms with Crippen LogP contribution in [0.5, 0.6) is 0 Å². The highest BCUT2D eigenvalue weighted by molar-refractivity contribution is 5.87. The highest BCUT2D eigenvalue weighted by Crippen LogP contribution is 2.19. The molecule has 0 aliphatic carbocycles. The SMILES string of the molecule is O=C(O)c1nc(CC2CCCCO2)nc2c1CCNC2. The number of hydrogen-bond donors (Lipinski definition) is 2. The molecule has 1 fully saturated rings. The highest BCUT2D eigenvalue weighted by atomic mass is 16.5. The summed E-state index contributed by atoms with van der Waals surface area (Å²) in [4.78, 5) is 20.2. The Morgan fingerprint density at radius 1 is 1.40 bits per heavy atom. The molecule has 0 saturated carbocycles. The molecule has 2 N–H and O–H groups in total. The number of carboxylic acid groups (broad SMARTS) is 1. The molecule has 3 rings (SSSR count). The van der Waals surface area contributed by atoms with Crippen LogP contribution in [-0.4, -0.2) is 40.3 Å². The molecule has 1 saturated heterocycles. The highest BCUT2D eigenvalue weighted by Gasteiger charge is 2.23. The molecular weight excluding hydrogens is 258 g/mol. The van der Waals surface area contributed by atoms with Crippen molar-refractivity contribution in [3.8, 4) is 0 Å². The van der Waals surface area contributed by atoms with Crippen molar-refractivity contribution in [1.29, 1.82) is 0 Å². The lowest BCUT2D eigenvalue weighted by atomic mass is 10.0. The Morgan fingerprint density at radius 3 is 3.05 bits per heavy atom. The normalized spacial score (nSPS) is 22.3. The summed E-state index contributed by atoms with van der Waals surface area (Å²) in [5, 5.41) is 12.6. The van der Waals surface area contributed by atoms with Crippen LogP contribution >= 0.6 is 0 Å². The van der Waals surface area contributed by atoms with Gasteiger partial charge in [-0.15, -0.1) is 0 Å². The fourth-order valence-electron chi connectivity index (χ4n) is 2.85. The van der Waals surface area contributed by atoms with Gasteiger partial charge in [0.1, 0.15) is 5.82 Å². The van der Waals surface area contributed by atoms with E-state index in [0.29, 0.717) is 25.2 Å². The Bertz CT molecular complexity index is 513. The topological polar surface area (TPSA) is 84.3 Å². The van der Waals surface area contributed by atoms with Crippen LogP contribution < -0.4 is 5.32 Å². The molecule has 108 valence electrons. The summed E-state index contributed by atoms with van der Waals surface area (Å²) >= 11 is 0. The van der Waals surface area contributed by atoms with Crippen LogP contribution in [0.15, 0.2) is 0 Å². The number of rotatable bonds is 3. The summed E-state index contributed by atoms with van der Waals surface area (Å²) in [5.74, 6) is -0.367. The molecule has 1 aromatic rings. The Labute approximate surface area is 117 Å². The maximum absolute atomic E-state index is 11.4. The minimum Gasteiger partial charge on any atom is -0.477 e. The smallest absolute Gasteiger partial charge is 0.354 e. The Kier molecular flexibility index (Phi) is 3.93. The van der Waals surface area contributed by atoms with Crippen molar-refractivity contribution in [2.75, 3.05) is 13.2 Å². The van der Waals surface area contributed by atoms with Crippen molar-refractivity contribution in [3.63, 3.8) is 0 Å². The minimum atomic E-state index is -0.962. The van der Waals surface area contributed by atoms with Gasteiger partial charge in [0.2, 0.25) is 0 Å². The van der Waals surface area contributed by atoms with E-state index in [1.54, 1.807) is 0 Å².